The van der Waals surface area contributed by atoms with Crippen molar-refractivity contribution in [2.75, 3.05) is 16.4 Å². The van der Waals surface area contributed by atoms with Crippen molar-refractivity contribution in [2.45, 2.75) is 5.75 Å². The highest BCUT2D eigenvalue weighted by molar-refractivity contribution is 7.99. The van der Waals surface area contributed by atoms with Crippen LogP contribution in [0.1, 0.15) is 16.1 Å². The van der Waals surface area contributed by atoms with Crippen molar-refractivity contribution < 1.29 is 18.4 Å². The molecule has 0 radical (unpaired) electrons. The normalized spacial score (nSPS) is 10.5. The summed E-state index contributed by atoms with van der Waals surface area (Å²) >= 11 is 2.58. The fourth-order valence-electron chi connectivity index (χ4n) is 2.22. The molecule has 0 aliphatic rings. The lowest BCUT2D eigenvalue weighted by Gasteiger charge is -2.04. The van der Waals surface area contributed by atoms with E-state index in [1.165, 1.54) is 65.6 Å². The van der Waals surface area contributed by atoms with E-state index >= 15 is 0 Å². The quantitative estimate of drug-likeness (QED) is 0.590. The molecule has 0 atom stereocenters. The Morgan fingerprint density at radius 1 is 1.04 bits per heavy atom. The first-order valence-electron chi connectivity index (χ1n) is 8.15. The summed E-state index contributed by atoms with van der Waals surface area (Å²) in [7, 11) is 0. The molecule has 1 heterocycles. The van der Waals surface area contributed by atoms with E-state index in [1.54, 1.807) is 11.4 Å². The fourth-order valence-corrected chi connectivity index (χ4v) is 3.75. The Morgan fingerprint density at radius 2 is 1.79 bits per heavy atom. The Morgan fingerprint density at radius 3 is 2.54 bits per heavy atom. The number of halogens is 2. The van der Waals surface area contributed by atoms with Gasteiger partial charge in [-0.3, -0.25) is 14.9 Å². The smallest absolute Gasteiger partial charge is 0.260 e. The van der Waals surface area contributed by atoms with Gasteiger partial charge in [0.1, 0.15) is 11.6 Å². The Labute approximate surface area is 168 Å². The first-order valence-corrected chi connectivity index (χ1v) is 10.2. The van der Waals surface area contributed by atoms with Crippen molar-refractivity contribution in [2.24, 2.45) is 0 Å². The molecule has 28 heavy (non-hydrogen) atoms. The number of thioether (sulfide) groups is 1. The predicted octanol–water partition coefficient (Wildman–Crippen LogP) is 4.55. The van der Waals surface area contributed by atoms with Crippen LogP contribution in [0.4, 0.5) is 19.6 Å². The van der Waals surface area contributed by atoms with E-state index in [0.717, 1.165) is 0 Å². The first kappa shape index (κ1) is 20.0. The highest BCUT2D eigenvalue weighted by atomic mass is 32.2. The summed E-state index contributed by atoms with van der Waals surface area (Å²) in [4.78, 5) is 28.2. The van der Waals surface area contributed by atoms with Crippen LogP contribution in [0.15, 0.2) is 53.9 Å². The Kier molecular flexibility index (Phi) is 6.72. The minimum absolute atomic E-state index is 0.0499. The van der Waals surface area contributed by atoms with E-state index in [-0.39, 0.29) is 23.0 Å². The van der Waals surface area contributed by atoms with Gasteiger partial charge in [-0.2, -0.15) is 0 Å². The second kappa shape index (κ2) is 9.43. The third kappa shape index (κ3) is 5.61. The molecule has 0 aliphatic carbocycles. The maximum atomic E-state index is 13.6. The summed E-state index contributed by atoms with van der Waals surface area (Å²) < 4.78 is 26.5. The van der Waals surface area contributed by atoms with Crippen LogP contribution in [0.25, 0.3) is 0 Å². The molecule has 0 bridgehead atoms. The van der Waals surface area contributed by atoms with Crippen LogP contribution in [-0.4, -0.2) is 22.6 Å². The van der Waals surface area contributed by atoms with Gasteiger partial charge >= 0.3 is 0 Å². The molecule has 2 N–H and O–H groups in total. The van der Waals surface area contributed by atoms with E-state index in [0.29, 0.717) is 22.3 Å². The zero-order valence-electron chi connectivity index (χ0n) is 14.4. The molecule has 3 rings (SSSR count). The number of anilines is 2. The van der Waals surface area contributed by atoms with Crippen LogP contribution in [0.5, 0.6) is 0 Å². The standard InChI is InChI=1S/C19H15F2N3O2S2/c20-12-5-7-13(8-6-12)22-17(25)11-27-9-14-10-28-19(23-14)24-18(26)15-3-1-2-4-16(15)21/h1-8,10H,9,11H2,(H,22,25)(H,23,24,26). The Balaban J connectivity index is 1.45. The van der Waals surface area contributed by atoms with E-state index in [1.807, 2.05) is 0 Å². The van der Waals surface area contributed by atoms with Gasteiger partial charge in [0.15, 0.2) is 5.13 Å². The van der Waals surface area contributed by atoms with Gasteiger partial charge < -0.3 is 5.32 Å². The fraction of sp³-hybridized carbons (Fsp3) is 0.105. The highest BCUT2D eigenvalue weighted by Gasteiger charge is 2.13. The number of hydrogen-bond acceptors (Lipinski definition) is 5. The van der Waals surface area contributed by atoms with Gasteiger partial charge in [0.05, 0.1) is 17.0 Å². The average Bonchev–Trinajstić information content (AvgIpc) is 3.11. The lowest BCUT2D eigenvalue weighted by atomic mass is 10.2. The molecule has 0 fully saturated rings. The maximum Gasteiger partial charge on any atom is 0.260 e. The van der Waals surface area contributed by atoms with Gasteiger partial charge in [-0.15, -0.1) is 23.1 Å². The minimum Gasteiger partial charge on any atom is -0.325 e. The summed E-state index contributed by atoms with van der Waals surface area (Å²) in [5.41, 5.74) is 1.18. The number of carbonyl (C=O) groups is 2. The lowest BCUT2D eigenvalue weighted by molar-refractivity contribution is -0.113. The average molecular weight is 419 g/mol. The molecule has 2 aromatic carbocycles. The van der Waals surface area contributed by atoms with Crippen LogP contribution < -0.4 is 10.6 Å². The number of nitrogens with zero attached hydrogens (tertiary/aromatic N) is 1. The SMILES string of the molecule is O=C(CSCc1csc(NC(=O)c2ccccc2F)n1)Nc1ccc(F)cc1. The zero-order chi connectivity index (χ0) is 19.9. The molecular weight excluding hydrogens is 404 g/mol. The molecule has 3 aromatic rings. The predicted molar refractivity (Wildman–Crippen MR) is 108 cm³/mol. The molecule has 2 amide bonds. The molecule has 5 nitrogen and oxygen atoms in total. The van der Waals surface area contributed by atoms with Gasteiger partial charge in [0.2, 0.25) is 5.91 Å². The van der Waals surface area contributed by atoms with Crippen LogP contribution >= 0.6 is 23.1 Å². The van der Waals surface area contributed by atoms with Gasteiger partial charge in [0.25, 0.3) is 5.91 Å². The molecule has 0 unspecified atom stereocenters. The van der Waals surface area contributed by atoms with Gasteiger partial charge in [0, 0.05) is 16.8 Å². The summed E-state index contributed by atoms with van der Waals surface area (Å²) in [5.74, 6) is -1.06. The first-order chi connectivity index (χ1) is 13.5. The molecule has 0 saturated carbocycles. The third-order valence-corrected chi connectivity index (χ3v) is 5.27. The van der Waals surface area contributed by atoms with Crippen LogP contribution in [-0.2, 0) is 10.5 Å². The number of hydrogen-bond donors (Lipinski definition) is 2. The Hall–Kier alpha value is -2.78. The molecule has 0 saturated heterocycles. The minimum atomic E-state index is -0.598. The number of nitrogens with one attached hydrogen (secondary N) is 2. The largest absolute Gasteiger partial charge is 0.325 e. The number of amides is 2. The lowest BCUT2D eigenvalue weighted by Crippen LogP contribution is -2.14. The monoisotopic (exact) mass is 419 g/mol. The van der Waals surface area contributed by atoms with Crippen molar-refractivity contribution >= 4 is 45.7 Å². The van der Waals surface area contributed by atoms with Crippen LogP contribution in [0.2, 0.25) is 0 Å². The van der Waals surface area contributed by atoms with E-state index in [9.17, 15) is 18.4 Å². The van der Waals surface area contributed by atoms with Gasteiger partial charge in [-0.05, 0) is 36.4 Å². The van der Waals surface area contributed by atoms with Crippen molar-refractivity contribution in [1.82, 2.24) is 4.98 Å². The summed E-state index contributed by atoms with van der Waals surface area (Å²) in [6.45, 7) is 0. The summed E-state index contributed by atoms with van der Waals surface area (Å²) in [6.07, 6.45) is 0. The van der Waals surface area contributed by atoms with Gasteiger partial charge in [-0.1, -0.05) is 12.1 Å². The van der Waals surface area contributed by atoms with E-state index in [2.05, 4.69) is 15.6 Å². The number of aromatic nitrogens is 1. The maximum absolute atomic E-state index is 13.6. The second-order valence-electron chi connectivity index (χ2n) is 5.63. The molecule has 0 spiro atoms. The van der Waals surface area contributed by atoms with Crippen molar-refractivity contribution in [3.8, 4) is 0 Å². The highest BCUT2D eigenvalue weighted by Crippen LogP contribution is 2.21. The molecular formula is C19H15F2N3O2S2. The number of thiazole rings is 1. The van der Waals surface area contributed by atoms with Crippen molar-refractivity contribution in [3.05, 3.63) is 76.8 Å². The van der Waals surface area contributed by atoms with Crippen molar-refractivity contribution in [3.63, 3.8) is 0 Å². The molecule has 0 aliphatic heterocycles. The summed E-state index contributed by atoms with van der Waals surface area (Å²) in [6, 6.07) is 11.2. The van der Waals surface area contributed by atoms with E-state index < -0.39 is 11.7 Å². The van der Waals surface area contributed by atoms with Crippen molar-refractivity contribution in [1.29, 1.82) is 0 Å². The van der Waals surface area contributed by atoms with E-state index in [4.69, 9.17) is 0 Å². The third-order valence-electron chi connectivity index (χ3n) is 3.50. The van der Waals surface area contributed by atoms with Crippen LogP contribution in [0.3, 0.4) is 0 Å². The topological polar surface area (TPSA) is 71.1 Å². The second-order valence-corrected chi connectivity index (χ2v) is 7.47. The Bertz CT molecular complexity index is 977. The number of rotatable bonds is 7. The number of benzene rings is 2. The van der Waals surface area contributed by atoms with Gasteiger partial charge in [-0.25, -0.2) is 13.8 Å². The molecule has 1 aromatic heterocycles. The zero-order valence-corrected chi connectivity index (χ0v) is 16.1. The number of carbonyl (C=O) groups excluding carboxylic acids is 2. The summed E-state index contributed by atoms with van der Waals surface area (Å²) in [5, 5.41) is 7.37. The molecule has 9 heteroatoms. The van der Waals surface area contributed by atoms with Crippen LogP contribution in [0, 0.1) is 11.6 Å². The molecule has 144 valence electrons.